The molecule has 1 saturated heterocycles. The molecular weight excluding hydrogens is 502 g/mol. The van der Waals surface area contributed by atoms with Crippen LogP contribution in [0, 0.1) is 6.92 Å². The second-order valence-electron chi connectivity index (χ2n) is 8.64. The summed E-state index contributed by atoms with van der Waals surface area (Å²) in [4.78, 5) is 31.9. The largest absolute Gasteiger partial charge is 0.493 e. The highest BCUT2D eigenvalue weighted by molar-refractivity contribution is 7.99. The Balaban J connectivity index is 1.30. The summed E-state index contributed by atoms with van der Waals surface area (Å²) in [6, 6.07) is 4.60. The van der Waals surface area contributed by atoms with Crippen molar-refractivity contribution in [2.24, 2.45) is 0 Å². The summed E-state index contributed by atoms with van der Waals surface area (Å²) in [5.41, 5.74) is 1.07. The van der Waals surface area contributed by atoms with Gasteiger partial charge in [-0.3, -0.25) is 9.59 Å². The van der Waals surface area contributed by atoms with E-state index in [4.69, 9.17) is 18.7 Å². The van der Waals surface area contributed by atoms with Gasteiger partial charge in [-0.1, -0.05) is 10.4 Å². The molecule has 37 heavy (non-hydrogen) atoms. The predicted molar refractivity (Wildman–Crippen MR) is 130 cm³/mol. The number of aromatic nitrogens is 5. The first-order valence-corrected chi connectivity index (χ1v) is 12.9. The third kappa shape index (κ3) is 6.02. The highest BCUT2D eigenvalue weighted by atomic mass is 32.2. The van der Waals surface area contributed by atoms with Crippen LogP contribution in [0.25, 0.3) is 0 Å². The number of likely N-dealkylation sites (tertiary alicyclic amines) is 1. The molecule has 0 unspecified atom stereocenters. The summed E-state index contributed by atoms with van der Waals surface area (Å²) in [7, 11) is 1.54. The van der Waals surface area contributed by atoms with E-state index < -0.39 is 12.1 Å². The number of carbonyl (C=O) groups is 2. The zero-order valence-corrected chi connectivity index (χ0v) is 21.3. The summed E-state index contributed by atoms with van der Waals surface area (Å²) in [5, 5.41) is 15.1. The normalized spacial score (nSPS) is 19.8. The maximum atomic E-state index is 13.1. The SMILES string of the molecule is COc1ccc2cc1OCCn1cc(nn1)CO[C@H]1CN(C(=O)CSCc3nc(C)no3)C[C@@H]1NC2=O. The van der Waals surface area contributed by atoms with Gasteiger partial charge in [-0.25, -0.2) is 4.68 Å². The van der Waals surface area contributed by atoms with Crippen molar-refractivity contribution in [3.63, 3.8) is 0 Å². The Morgan fingerprint density at radius 3 is 3.03 bits per heavy atom. The number of rotatable bonds is 5. The second-order valence-corrected chi connectivity index (χ2v) is 9.63. The fraction of sp³-hybridized carbons (Fsp3) is 0.478. The molecule has 0 radical (unpaired) electrons. The van der Waals surface area contributed by atoms with Crippen molar-refractivity contribution < 1.29 is 28.3 Å². The van der Waals surface area contributed by atoms with E-state index in [-0.39, 0.29) is 24.2 Å². The molecule has 0 spiro atoms. The summed E-state index contributed by atoms with van der Waals surface area (Å²) >= 11 is 1.39. The van der Waals surface area contributed by atoms with Crippen LogP contribution in [-0.2, 0) is 28.4 Å². The summed E-state index contributed by atoms with van der Waals surface area (Å²) in [5.74, 6) is 2.34. The number of nitrogens with zero attached hydrogens (tertiary/aromatic N) is 6. The van der Waals surface area contributed by atoms with Gasteiger partial charge in [0.25, 0.3) is 5.91 Å². The zero-order chi connectivity index (χ0) is 25.8. The highest BCUT2D eigenvalue weighted by Gasteiger charge is 2.37. The first-order chi connectivity index (χ1) is 18.0. The van der Waals surface area contributed by atoms with Crippen molar-refractivity contribution in [1.82, 2.24) is 35.4 Å². The van der Waals surface area contributed by atoms with Gasteiger partial charge in [-0.2, -0.15) is 4.98 Å². The lowest BCUT2D eigenvalue weighted by Crippen LogP contribution is -2.44. The van der Waals surface area contributed by atoms with Gasteiger partial charge in [-0.05, 0) is 25.1 Å². The number of hydrogen-bond acceptors (Lipinski definition) is 11. The fourth-order valence-corrected chi connectivity index (χ4v) is 4.89. The predicted octanol–water partition coefficient (Wildman–Crippen LogP) is 0.830. The number of fused-ring (bicyclic) bond motifs is 5. The number of hydrogen-bond donors (Lipinski definition) is 1. The number of benzene rings is 1. The smallest absolute Gasteiger partial charge is 0.251 e. The number of ether oxygens (including phenoxy) is 3. The Bertz CT molecular complexity index is 1260. The molecule has 2 atom stereocenters. The van der Waals surface area contributed by atoms with Gasteiger partial charge in [0.15, 0.2) is 17.3 Å². The fourth-order valence-electron chi connectivity index (χ4n) is 4.14. The van der Waals surface area contributed by atoms with E-state index in [1.165, 1.54) is 11.8 Å². The monoisotopic (exact) mass is 529 g/mol. The van der Waals surface area contributed by atoms with E-state index in [0.717, 1.165) is 0 Å². The van der Waals surface area contributed by atoms with Crippen molar-refractivity contribution >= 4 is 23.6 Å². The van der Waals surface area contributed by atoms with Crippen LogP contribution >= 0.6 is 11.8 Å². The molecule has 4 heterocycles. The zero-order valence-electron chi connectivity index (χ0n) is 20.5. The topological polar surface area (TPSA) is 147 Å². The van der Waals surface area contributed by atoms with Crippen LogP contribution in [-0.4, -0.2) is 86.6 Å². The number of methoxy groups -OCH3 is 1. The molecule has 2 amide bonds. The number of aryl methyl sites for hydroxylation is 1. The van der Waals surface area contributed by atoms with Crippen molar-refractivity contribution in [2.45, 2.75) is 38.0 Å². The van der Waals surface area contributed by atoms with Gasteiger partial charge in [0, 0.05) is 18.7 Å². The second kappa shape index (κ2) is 11.2. The highest BCUT2D eigenvalue weighted by Crippen LogP contribution is 2.28. The average molecular weight is 530 g/mol. The van der Waals surface area contributed by atoms with Gasteiger partial charge in [0.05, 0.1) is 50.1 Å². The summed E-state index contributed by atoms with van der Waals surface area (Å²) in [6.45, 7) is 3.39. The number of carbonyl (C=O) groups excluding carboxylic acids is 2. The van der Waals surface area contributed by atoms with Gasteiger partial charge >= 0.3 is 0 Å². The van der Waals surface area contributed by atoms with Crippen LogP contribution in [0.4, 0.5) is 0 Å². The van der Waals surface area contributed by atoms with Crippen LogP contribution in [0.15, 0.2) is 28.9 Å². The van der Waals surface area contributed by atoms with Crippen LogP contribution in [0.1, 0.15) is 27.8 Å². The molecule has 2 aliphatic rings. The van der Waals surface area contributed by atoms with Gasteiger partial charge in [0.2, 0.25) is 11.8 Å². The Morgan fingerprint density at radius 1 is 1.32 bits per heavy atom. The molecule has 1 aromatic carbocycles. The molecule has 0 saturated carbocycles. The van der Waals surface area contributed by atoms with Gasteiger partial charge < -0.3 is 29.0 Å². The number of nitrogens with one attached hydrogen (secondary N) is 1. The van der Waals surface area contributed by atoms with Crippen LogP contribution < -0.4 is 14.8 Å². The maximum absolute atomic E-state index is 13.1. The quantitative estimate of drug-likeness (QED) is 0.501. The first-order valence-electron chi connectivity index (χ1n) is 11.8. The van der Waals surface area contributed by atoms with Gasteiger partial charge in [0.1, 0.15) is 12.3 Å². The Kier molecular flexibility index (Phi) is 7.55. The molecule has 4 bridgehead atoms. The molecule has 5 rings (SSSR count). The molecule has 3 aromatic rings. The van der Waals surface area contributed by atoms with E-state index in [0.29, 0.717) is 66.5 Å². The van der Waals surface area contributed by atoms with E-state index in [1.807, 2.05) is 0 Å². The Hall–Kier alpha value is -3.65. The van der Waals surface area contributed by atoms with Crippen LogP contribution in [0.3, 0.4) is 0 Å². The lowest BCUT2D eigenvalue weighted by molar-refractivity contribution is -0.127. The molecule has 0 aliphatic carbocycles. The minimum absolute atomic E-state index is 0.0629. The van der Waals surface area contributed by atoms with Crippen molar-refractivity contribution in [3.8, 4) is 11.5 Å². The third-order valence-electron chi connectivity index (χ3n) is 5.99. The number of amides is 2. The maximum Gasteiger partial charge on any atom is 0.251 e. The van der Waals surface area contributed by atoms with E-state index in [9.17, 15) is 9.59 Å². The lowest BCUT2D eigenvalue weighted by atomic mass is 10.1. The number of thioether (sulfide) groups is 1. The van der Waals surface area contributed by atoms with E-state index in [1.54, 1.807) is 48.0 Å². The van der Waals surface area contributed by atoms with E-state index >= 15 is 0 Å². The Labute approximate surface area is 216 Å². The van der Waals surface area contributed by atoms with Crippen LogP contribution in [0.5, 0.6) is 11.5 Å². The van der Waals surface area contributed by atoms with Gasteiger partial charge in [-0.15, -0.1) is 16.9 Å². The molecule has 13 nitrogen and oxygen atoms in total. The molecular formula is C23H27N7O6S. The minimum atomic E-state index is -0.416. The first kappa shape index (κ1) is 25.0. The molecule has 1 fully saturated rings. The third-order valence-corrected chi connectivity index (χ3v) is 6.89. The molecule has 2 aliphatic heterocycles. The summed E-state index contributed by atoms with van der Waals surface area (Å²) < 4.78 is 24.1. The Morgan fingerprint density at radius 2 is 2.22 bits per heavy atom. The summed E-state index contributed by atoms with van der Waals surface area (Å²) in [6.07, 6.45) is 1.37. The average Bonchev–Trinajstić information content (AvgIpc) is 3.62. The molecule has 14 heteroatoms. The lowest BCUT2D eigenvalue weighted by Gasteiger charge is -2.20. The molecule has 2 aromatic heterocycles. The van der Waals surface area contributed by atoms with Crippen LogP contribution in [0.2, 0.25) is 0 Å². The van der Waals surface area contributed by atoms with Crippen molar-refractivity contribution in [3.05, 3.63) is 47.4 Å². The molecule has 1 N–H and O–H groups in total. The minimum Gasteiger partial charge on any atom is -0.493 e. The van der Waals surface area contributed by atoms with E-state index in [2.05, 4.69) is 25.8 Å². The molecule has 196 valence electrons. The standard InChI is InChI=1S/C23H27N7O6S/c1-14-24-21(36-27-14)12-37-13-22(31)29-9-17-20(10-29)35-11-16-8-30(28-26-16)5-6-34-19-7-15(23(32)25-17)3-4-18(19)33-2/h3-4,7-8,17,20H,5-6,9-13H2,1-2H3,(H,25,32)/t17-,20-/m0/s1. The van der Waals surface area contributed by atoms with Crippen molar-refractivity contribution in [1.29, 1.82) is 0 Å². The van der Waals surface area contributed by atoms with Crippen molar-refractivity contribution in [2.75, 3.05) is 32.6 Å².